The average molecular weight is 685 g/mol. The first kappa shape index (κ1) is 33.0. The maximum absolute atomic E-state index is 14.0. The first-order valence-electron chi connectivity index (χ1n) is 14.5. The number of amides is 2. The van der Waals surface area contributed by atoms with Crippen LogP contribution >= 0.6 is 34.8 Å². The van der Waals surface area contributed by atoms with Gasteiger partial charge in [0.25, 0.3) is 0 Å². The molecule has 0 heterocycles. The van der Waals surface area contributed by atoms with E-state index in [1.165, 1.54) is 0 Å². The van der Waals surface area contributed by atoms with E-state index in [1.807, 2.05) is 42.5 Å². The van der Waals surface area contributed by atoms with E-state index in [1.54, 1.807) is 59.5 Å². The smallest absolute Gasteiger partial charge is 0.247 e. The normalized spacial score (nSPS) is 13.7. The third kappa shape index (κ3) is 9.08. The van der Waals surface area contributed by atoms with Gasteiger partial charge < -0.3 is 10.2 Å². The van der Waals surface area contributed by atoms with Crippen molar-refractivity contribution in [3.05, 3.63) is 134 Å². The number of carbonyl (C=O) groups excluding carboxylic acids is 2. The van der Waals surface area contributed by atoms with Gasteiger partial charge in [-0.15, -0.1) is 0 Å². The molecule has 0 radical (unpaired) electrons. The first-order valence-corrected chi connectivity index (χ1v) is 17.1. The monoisotopic (exact) mass is 683 g/mol. The van der Waals surface area contributed by atoms with E-state index in [0.717, 1.165) is 24.0 Å². The van der Waals surface area contributed by atoms with Crippen molar-refractivity contribution in [1.82, 2.24) is 14.9 Å². The van der Waals surface area contributed by atoms with Gasteiger partial charge in [0, 0.05) is 40.6 Å². The van der Waals surface area contributed by atoms with Crippen LogP contribution in [-0.2, 0) is 39.1 Å². The van der Waals surface area contributed by atoms with Crippen LogP contribution in [0.2, 0.25) is 15.1 Å². The van der Waals surface area contributed by atoms with E-state index in [-0.39, 0.29) is 42.3 Å². The predicted octanol–water partition coefficient (Wildman–Crippen LogP) is 7.11. The molecule has 0 saturated heterocycles. The number of carbonyl (C=O) groups is 2. The molecule has 0 aliphatic heterocycles. The van der Waals surface area contributed by atoms with Gasteiger partial charge in [-0.3, -0.25) is 9.59 Å². The predicted molar refractivity (Wildman–Crippen MR) is 178 cm³/mol. The zero-order chi connectivity index (χ0) is 32.0. The van der Waals surface area contributed by atoms with Crippen LogP contribution in [-0.4, -0.2) is 31.2 Å². The van der Waals surface area contributed by atoms with Crippen LogP contribution in [0.25, 0.3) is 0 Å². The number of hydrogen-bond acceptors (Lipinski definition) is 4. The molecule has 0 bridgehead atoms. The number of sulfonamides is 1. The molecule has 4 aromatic carbocycles. The molecular formula is C34H32Cl3N3O4S. The third-order valence-corrected chi connectivity index (χ3v) is 9.87. The van der Waals surface area contributed by atoms with Crippen LogP contribution < -0.4 is 10.0 Å². The number of nitrogens with one attached hydrogen (secondary N) is 2. The molecule has 1 aliphatic carbocycles. The first-order chi connectivity index (χ1) is 21.6. The Morgan fingerprint density at radius 1 is 0.822 bits per heavy atom. The highest BCUT2D eigenvalue weighted by atomic mass is 35.5. The summed E-state index contributed by atoms with van der Waals surface area (Å²) in [6, 6.07) is 26.9. The maximum Gasteiger partial charge on any atom is 0.247 e. The van der Waals surface area contributed by atoms with Crippen molar-refractivity contribution >= 4 is 56.6 Å². The summed E-state index contributed by atoms with van der Waals surface area (Å²) in [6.45, 7) is 0.306. The summed E-state index contributed by atoms with van der Waals surface area (Å²) < 4.78 is 27.8. The lowest BCUT2D eigenvalue weighted by Crippen LogP contribution is -2.43. The van der Waals surface area contributed by atoms with E-state index in [4.69, 9.17) is 34.8 Å². The van der Waals surface area contributed by atoms with Crippen LogP contribution in [0.15, 0.2) is 102 Å². The molecule has 1 aliphatic rings. The Morgan fingerprint density at radius 2 is 1.47 bits per heavy atom. The lowest BCUT2D eigenvalue weighted by atomic mass is 10.0. The molecular weight excluding hydrogens is 653 g/mol. The Balaban J connectivity index is 1.38. The molecule has 234 valence electrons. The molecule has 45 heavy (non-hydrogen) atoms. The quantitative estimate of drug-likeness (QED) is 0.157. The minimum Gasteiger partial charge on any atom is -0.350 e. The highest BCUT2D eigenvalue weighted by molar-refractivity contribution is 7.89. The summed E-state index contributed by atoms with van der Waals surface area (Å²) in [5.74, 6) is -0.613. The molecule has 0 unspecified atom stereocenters. The number of rotatable bonds is 13. The van der Waals surface area contributed by atoms with Gasteiger partial charge in [-0.1, -0.05) is 95.5 Å². The highest BCUT2D eigenvalue weighted by Crippen LogP contribution is 2.27. The molecule has 1 fully saturated rings. The van der Waals surface area contributed by atoms with Crippen LogP contribution in [0.3, 0.4) is 0 Å². The second-order valence-corrected chi connectivity index (χ2v) is 13.9. The maximum atomic E-state index is 14.0. The van der Waals surface area contributed by atoms with Gasteiger partial charge in [0.2, 0.25) is 21.8 Å². The van der Waals surface area contributed by atoms with Gasteiger partial charge in [0.1, 0.15) is 6.04 Å². The number of benzene rings is 4. The zero-order valence-corrected chi connectivity index (χ0v) is 27.3. The fourth-order valence-corrected chi connectivity index (χ4v) is 6.79. The molecule has 2 amide bonds. The van der Waals surface area contributed by atoms with Gasteiger partial charge in [-0.25, -0.2) is 13.1 Å². The minimum absolute atomic E-state index is 0.0110. The second-order valence-electron chi connectivity index (χ2n) is 11.0. The van der Waals surface area contributed by atoms with Gasteiger partial charge in [0.15, 0.2) is 0 Å². The summed E-state index contributed by atoms with van der Waals surface area (Å²) in [5.41, 5.74) is 2.95. The van der Waals surface area contributed by atoms with Crippen LogP contribution in [0.1, 0.15) is 47.6 Å². The molecule has 11 heteroatoms. The van der Waals surface area contributed by atoms with Gasteiger partial charge >= 0.3 is 0 Å². The largest absolute Gasteiger partial charge is 0.350 e. The highest BCUT2D eigenvalue weighted by Gasteiger charge is 2.32. The van der Waals surface area contributed by atoms with Crippen molar-refractivity contribution in [3.63, 3.8) is 0 Å². The average Bonchev–Trinajstić information content (AvgIpc) is 3.84. The van der Waals surface area contributed by atoms with E-state index in [2.05, 4.69) is 10.0 Å². The Morgan fingerprint density at radius 3 is 2.11 bits per heavy atom. The molecule has 4 aromatic rings. The van der Waals surface area contributed by atoms with Crippen molar-refractivity contribution in [2.45, 2.75) is 55.8 Å². The number of aryl methyl sites for hydroxylation is 1. The number of nitrogens with zero attached hydrogens (tertiary/aromatic N) is 1. The Kier molecular flexibility index (Phi) is 10.8. The molecule has 2 N–H and O–H groups in total. The summed E-state index contributed by atoms with van der Waals surface area (Å²) in [5, 5.41) is 4.43. The summed E-state index contributed by atoms with van der Waals surface area (Å²) in [6.07, 6.45) is 2.15. The molecule has 7 nitrogen and oxygen atoms in total. The molecule has 1 saturated carbocycles. The van der Waals surface area contributed by atoms with Gasteiger partial charge in [-0.2, -0.15) is 0 Å². The molecule has 5 rings (SSSR count). The third-order valence-electron chi connectivity index (χ3n) is 7.49. The van der Waals surface area contributed by atoms with Crippen molar-refractivity contribution in [3.8, 4) is 0 Å². The molecule has 0 spiro atoms. The minimum atomic E-state index is -3.57. The van der Waals surface area contributed by atoms with Crippen LogP contribution in [0.4, 0.5) is 0 Å². The van der Waals surface area contributed by atoms with Crippen molar-refractivity contribution in [1.29, 1.82) is 0 Å². The van der Waals surface area contributed by atoms with E-state index >= 15 is 0 Å². The van der Waals surface area contributed by atoms with Crippen molar-refractivity contribution < 1.29 is 18.0 Å². The van der Waals surface area contributed by atoms with Crippen LogP contribution in [0.5, 0.6) is 0 Å². The summed E-state index contributed by atoms with van der Waals surface area (Å²) in [4.78, 5) is 29.7. The summed E-state index contributed by atoms with van der Waals surface area (Å²) in [7, 11) is -3.57. The Hall–Kier alpha value is -3.40. The Labute approximate surface area is 278 Å². The van der Waals surface area contributed by atoms with Crippen LogP contribution in [0, 0.1) is 0 Å². The SMILES string of the molecule is O=C(NCc1ccc(Cl)cc1Cl)[C@@H](c1ccccc1)N(Cc1ccc(Cl)cc1)C(=O)CCc1ccc(S(=O)(=O)NC2CC2)cc1. The van der Waals surface area contributed by atoms with Crippen molar-refractivity contribution in [2.24, 2.45) is 0 Å². The standard InChI is InChI=1S/C34H32Cl3N3O4S/c35-27-12-6-24(7-13-27)22-40(32(41)19-10-23-8-17-30(18-9-23)45(43,44)39-29-15-16-29)33(25-4-2-1-3-5-25)34(42)38-21-26-11-14-28(36)20-31(26)37/h1-9,11-14,17-18,20,29,33,39H,10,15-16,19,21-22H2,(H,38,42)/t33-/m1/s1. The Bertz CT molecular complexity index is 1750. The lowest BCUT2D eigenvalue weighted by molar-refractivity contribution is -0.141. The zero-order valence-electron chi connectivity index (χ0n) is 24.3. The number of halogens is 3. The van der Waals surface area contributed by atoms with E-state index in [9.17, 15) is 18.0 Å². The fraction of sp³-hybridized carbons (Fsp3) is 0.235. The second kappa shape index (κ2) is 14.8. The number of hydrogen-bond donors (Lipinski definition) is 2. The topological polar surface area (TPSA) is 95.6 Å². The van der Waals surface area contributed by atoms with Gasteiger partial charge in [-0.05, 0) is 77.9 Å². The fourth-order valence-electron chi connectivity index (χ4n) is 4.88. The van der Waals surface area contributed by atoms with Crippen molar-refractivity contribution in [2.75, 3.05) is 0 Å². The molecule has 1 atom stereocenters. The van der Waals surface area contributed by atoms with Gasteiger partial charge in [0.05, 0.1) is 4.90 Å². The molecule has 0 aromatic heterocycles. The summed E-state index contributed by atoms with van der Waals surface area (Å²) >= 11 is 18.5. The van der Waals surface area contributed by atoms with E-state index in [0.29, 0.717) is 32.6 Å². The van der Waals surface area contributed by atoms with E-state index < -0.39 is 16.1 Å². The lowest BCUT2D eigenvalue weighted by Gasteiger charge is -2.32.